The van der Waals surface area contributed by atoms with Gasteiger partial charge in [-0.25, -0.2) is 0 Å². The van der Waals surface area contributed by atoms with Crippen LogP contribution in [0.5, 0.6) is 0 Å². The number of nitrogens with zero attached hydrogens (tertiary/aromatic N) is 3. The quantitative estimate of drug-likeness (QED) is 0.834. The molecule has 2 aliphatic rings. The van der Waals surface area contributed by atoms with Crippen molar-refractivity contribution in [3.05, 3.63) is 57.8 Å². The predicted octanol–water partition coefficient (Wildman–Crippen LogP) is 3.50. The van der Waals surface area contributed by atoms with E-state index in [1.54, 1.807) is 30.0 Å². The van der Waals surface area contributed by atoms with Gasteiger partial charge in [0.1, 0.15) is 6.07 Å². The Morgan fingerprint density at radius 1 is 1.25 bits per heavy atom. The Labute approximate surface area is 149 Å². The lowest BCUT2D eigenvalue weighted by Gasteiger charge is -2.43. The molecule has 1 aromatic carbocycles. The molecule has 1 aliphatic heterocycles. The fraction of sp³-hybridized carbons (Fsp3) is 0.278. The molecule has 0 unspecified atom stereocenters. The van der Waals surface area contributed by atoms with Crippen molar-refractivity contribution < 1.29 is 0 Å². The third-order valence-electron chi connectivity index (χ3n) is 4.64. The molecule has 0 aromatic heterocycles. The number of nitrogens with two attached hydrogens (primary N) is 1. The first-order valence-corrected chi connectivity index (χ1v) is 8.88. The lowest BCUT2D eigenvalue weighted by Crippen LogP contribution is -2.43. The molecule has 3 rings (SSSR count). The maximum absolute atomic E-state index is 9.86. The van der Waals surface area contributed by atoms with Gasteiger partial charge >= 0.3 is 0 Å². The fourth-order valence-electron chi connectivity index (χ4n) is 3.56. The van der Waals surface area contributed by atoms with Crippen molar-refractivity contribution in [1.29, 1.82) is 15.8 Å². The average Bonchev–Trinajstić information content (AvgIpc) is 2.61. The zero-order chi connectivity index (χ0) is 17.3. The topological polar surface area (TPSA) is 97.4 Å². The molecule has 24 heavy (non-hydrogen) atoms. The molecular weight excluding hydrogens is 340 g/mol. The van der Waals surface area contributed by atoms with E-state index in [0.29, 0.717) is 5.02 Å². The van der Waals surface area contributed by atoms with Crippen molar-refractivity contribution in [3.63, 3.8) is 0 Å². The number of rotatable bonds is 1. The number of benzene rings is 1. The lowest BCUT2D eigenvalue weighted by atomic mass is 9.59. The van der Waals surface area contributed by atoms with Crippen molar-refractivity contribution in [1.82, 2.24) is 0 Å². The van der Waals surface area contributed by atoms with E-state index in [-0.39, 0.29) is 17.2 Å². The van der Waals surface area contributed by atoms with E-state index < -0.39 is 11.3 Å². The minimum absolute atomic E-state index is 0.0503. The van der Waals surface area contributed by atoms with E-state index in [9.17, 15) is 15.8 Å². The number of nitriles is 3. The predicted molar refractivity (Wildman–Crippen MR) is 93.6 cm³/mol. The zero-order valence-corrected chi connectivity index (χ0v) is 14.2. The maximum Gasteiger partial charge on any atom is 0.191 e. The highest BCUT2D eigenvalue weighted by Gasteiger charge is 2.53. The zero-order valence-electron chi connectivity index (χ0n) is 12.7. The van der Waals surface area contributed by atoms with Crippen LogP contribution in [0, 0.1) is 45.3 Å². The highest BCUT2D eigenvalue weighted by atomic mass is 35.5. The minimum atomic E-state index is -1.57. The highest BCUT2D eigenvalue weighted by Crippen LogP contribution is 2.55. The van der Waals surface area contributed by atoms with Gasteiger partial charge in [0.15, 0.2) is 5.41 Å². The third kappa shape index (κ3) is 2.28. The first-order chi connectivity index (χ1) is 11.6. The summed E-state index contributed by atoms with van der Waals surface area (Å²) in [4.78, 5) is 0. The molecule has 1 aliphatic carbocycles. The molecule has 2 N–H and O–H groups in total. The first-order valence-electron chi connectivity index (χ1n) is 7.35. The van der Waals surface area contributed by atoms with Crippen LogP contribution in [0.3, 0.4) is 0 Å². The number of fused-ring (bicyclic) bond motifs is 1. The van der Waals surface area contributed by atoms with Crippen LogP contribution in [0.15, 0.2) is 47.2 Å². The summed E-state index contributed by atoms with van der Waals surface area (Å²) in [6, 6.07) is 13.5. The molecule has 0 spiro atoms. The molecule has 2 atom stereocenters. The Balaban J connectivity index is 2.34. The van der Waals surface area contributed by atoms with E-state index in [1.807, 2.05) is 12.1 Å². The van der Waals surface area contributed by atoms with Crippen LogP contribution < -0.4 is 5.73 Å². The van der Waals surface area contributed by atoms with Gasteiger partial charge in [-0.1, -0.05) is 29.8 Å². The molecule has 1 heterocycles. The molecule has 0 fully saturated rings. The van der Waals surface area contributed by atoms with Gasteiger partial charge in [0.25, 0.3) is 0 Å². The summed E-state index contributed by atoms with van der Waals surface area (Å²) in [5.41, 5.74) is 6.59. The van der Waals surface area contributed by atoms with Crippen LogP contribution >= 0.6 is 23.4 Å². The normalized spacial score (nSPS) is 24.8. The van der Waals surface area contributed by atoms with Gasteiger partial charge in [-0.3, -0.25) is 0 Å². The van der Waals surface area contributed by atoms with E-state index in [2.05, 4.69) is 18.2 Å². The number of hydrogen-bond acceptors (Lipinski definition) is 5. The summed E-state index contributed by atoms with van der Waals surface area (Å²) >= 11 is 7.85. The van der Waals surface area contributed by atoms with E-state index in [4.69, 9.17) is 17.3 Å². The highest BCUT2D eigenvalue weighted by molar-refractivity contribution is 7.99. The largest absolute Gasteiger partial charge is 0.399 e. The second-order valence-electron chi connectivity index (χ2n) is 5.77. The van der Waals surface area contributed by atoms with E-state index in [1.165, 1.54) is 0 Å². The second-order valence-corrected chi connectivity index (χ2v) is 7.28. The van der Waals surface area contributed by atoms with Gasteiger partial charge in [-0.15, -0.1) is 0 Å². The van der Waals surface area contributed by atoms with Crippen LogP contribution in [-0.2, 0) is 0 Å². The molecule has 4 nitrogen and oxygen atoms in total. The smallest absolute Gasteiger partial charge is 0.191 e. The average molecular weight is 353 g/mol. The van der Waals surface area contributed by atoms with Crippen molar-refractivity contribution in [2.45, 2.75) is 5.92 Å². The molecule has 118 valence electrons. The Kier molecular flexibility index (Phi) is 4.29. The van der Waals surface area contributed by atoms with Gasteiger partial charge in [-0.2, -0.15) is 27.5 Å². The second kappa shape index (κ2) is 6.25. The summed E-state index contributed by atoms with van der Waals surface area (Å²) in [6.45, 7) is 0. The standard InChI is InChI=1S/C18H13ClN4S/c19-12-3-1-2-11(6-12)16-15-8-24-5-4-13(15)14(7-20)17(23)18(16,9-21)10-22/h1-4,6,15-16H,5,8,23H2/t15-,16-/m1/s1. The minimum Gasteiger partial charge on any atom is -0.399 e. The molecule has 1 aromatic rings. The molecule has 0 radical (unpaired) electrons. The van der Waals surface area contributed by atoms with E-state index >= 15 is 0 Å². The summed E-state index contributed by atoms with van der Waals surface area (Å²) < 4.78 is 0. The van der Waals surface area contributed by atoms with Crippen molar-refractivity contribution in [2.24, 2.45) is 17.1 Å². The van der Waals surface area contributed by atoms with Crippen molar-refractivity contribution in [2.75, 3.05) is 11.5 Å². The van der Waals surface area contributed by atoms with E-state index in [0.717, 1.165) is 22.6 Å². The number of allylic oxidation sites excluding steroid dienone is 3. The molecule has 0 saturated carbocycles. The monoisotopic (exact) mass is 352 g/mol. The first kappa shape index (κ1) is 16.5. The van der Waals surface area contributed by atoms with Crippen LogP contribution in [0.25, 0.3) is 0 Å². The number of hydrogen-bond donors (Lipinski definition) is 1. The number of thioether (sulfide) groups is 1. The summed E-state index contributed by atoms with van der Waals surface area (Å²) in [5, 5.41) is 29.8. The lowest BCUT2D eigenvalue weighted by molar-refractivity contribution is 0.368. The third-order valence-corrected chi connectivity index (χ3v) is 5.87. The fourth-order valence-corrected chi connectivity index (χ4v) is 4.82. The SMILES string of the molecule is N#CC1=C(N)C(C#N)(C#N)[C@H](c2cccc(Cl)c2)[C@@H]2CSCC=C12. The van der Waals surface area contributed by atoms with Gasteiger partial charge in [-0.05, 0) is 23.3 Å². The summed E-state index contributed by atoms with van der Waals surface area (Å²) in [5.74, 6) is 0.941. The van der Waals surface area contributed by atoms with Gasteiger partial charge < -0.3 is 5.73 Å². The van der Waals surface area contributed by atoms with Crippen LogP contribution in [0.1, 0.15) is 11.5 Å². The molecular formula is C18H13ClN4S. The van der Waals surface area contributed by atoms with Gasteiger partial charge in [0, 0.05) is 28.4 Å². The van der Waals surface area contributed by atoms with Crippen molar-refractivity contribution >= 4 is 23.4 Å². The molecule has 0 saturated heterocycles. The Hall–Kier alpha value is -2.39. The Morgan fingerprint density at radius 2 is 2.00 bits per heavy atom. The summed E-state index contributed by atoms with van der Waals surface area (Å²) in [6.07, 6.45) is 1.99. The molecule has 0 amide bonds. The van der Waals surface area contributed by atoms with Crippen molar-refractivity contribution in [3.8, 4) is 18.2 Å². The Bertz CT molecular complexity index is 868. The molecule has 0 bridgehead atoms. The van der Waals surface area contributed by atoms with Crippen LogP contribution in [0.2, 0.25) is 5.02 Å². The maximum atomic E-state index is 9.86. The van der Waals surface area contributed by atoms with Gasteiger partial charge in [0.05, 0.1) is 23.4 Å². The van der Waals surface area contributed by atoms with Crippen LogP contribution in [-0.4, -0.2) is 11.5 Å². The molecule has 6 heteroatoms. The number of halogens is 1. The van der Waals surface area contributed by atoms with Crippen LogP contribution in [0.4, 0.5) is 0 Å². The van der Waals surface area contributed by atoms with Gasteiger partial charge in [0.2, 0.25) is 0 Å². The summed E-state index contributed by atoms with van der Waals surface area (Å²) in [7, 11) is 0. The Morgan fingerprint density at radius 3 is 2.62 bits per heavy atom.